The molecule has 1 amide bonds. The second kappa shape index (κ2) is 7.27. The van der Waals surface area contributed by atoms with Gasteiger partial charge >= 0.3 is 0 Å². The third kappa shape index (κ3) is 3.63. The van der Waals surface area contributed by atoms with Crippen molar-refractivity contribution < 1.29 is 9.53 Å². The summed E-state index contributed by atoms with van der Waals surface area (Å²) in [6.07, 6.45) is 0. The molecular formula is C19H18N2O2S. The third-order valence-electron chi connectivity index (χ3n) is 3.64. The molecule has 0 saturated carbocycles. The third-order valence-corrected chi connectivity index (χ3v) is 4.66. The van der Waals surface area contributed by atoms with Crippen LogP contribution < -0.4 is 10.1 Å². The molecule has 0 saturated heterocycles. The normalized spacial score (nSPS) is 10.4. The molecule has 122 valence electrons. The van der Waals surface area contributed by atoms with E-state index in [1.165, 1.54) is 11.3 Å². The van der Waals surface area contributed by atoms with Crippen LogP contribution in [0.2, 0.25) is 0 Å². The van der Waals surface area contributed by atoms with Crippen molar-refractivity contribution in [3.05, 3.63) is 70.7 Å². The first-order valence-corrected chi connectivity index (χ1v) is 8.43. The standard InChI is InChI=1S/C19H18N2O2S/c1-13-17(21-19(24-13)15-6-4-3-5-7-15)18(22)20-12-14-8-10-16(23-2)11-9-14/h3-11H,12H2,1-2H3,(H,20,22). The maximum atomic E-state index is 12.4. The zero-order chi connectivity index (χ0) is 16.9. The number of aromatic nitrogens is 1. The van der Waals surface area contributed by atoms with E-state index in [1.54, 1.807) is 7.11 Å². The van der Waals surface area contributed by atoms with Crippen molar-refractivity contribution in [2.45, 2.75) is 13.5 Å². The van der Waals surface area contributed by atoms with Crippen LogP contribution in [0.5, 0.6) is 5.75 Å². The Morgan fingerprint density at radius 3 is 2.50 bits per heavy atom. The molecule has 2 aromatic carbocycles. The molecule has 0 radical (unpaired) electrons. The number of hydrogen-bond donors (Lipinski definition) is 1. The highest BCUT2D eigenvalue weighted by atomic mass is 32.1. The van der Waals surface area contributed by atoms with Gasteiger partial charge in [0.05, 0.1) is 7.11 Å². The van der Waals surface area contributed by atoms with Gasteiger partial charge in [0, 0.05) is 17.0 Å². The Balaban J connectivity index is 1.69. The lowest BCUT2D eigenvalue weighted by atomic mass is 10.2. The predicted molar refractivity (Wildman–Crippen MR) is 96.5 cm³/mol. The van der Waals surface area contributed by atoms with E-state index in [0.717, 1.165) is 26.8 Å². The summed E-state index contributed by atoms with van der Waals surface area (Å²) in [5, 5.41) is 3.79. The average Bonchev–Trinajstić information content (AvgIpc) is 3.03. The number of benzene rings is 2. The van der Waals surface area contributed by atoms with E-state index in [0.29, 0.717) is 12.2 Å². The fourth-order valence-corrected chi connectivity index (χ4v) is 3.24. The summed E-state index contributed by atoms with van der Waals surface area (Å²) >= 11 is 1.53. The molecular weight excluding hydrogens is 320 g/mol. The molecule has 3 rings (SSSR count). The minimum absolute atomic E-state index is 0.151. The van der Waals surface area contributed by atoms with Crippen LogP contribution in [-0.4, -0.2) is 18.0 Å². The smallest absolute Gasteiger partial charge is 0.271 e. The fourth-order valence-electron chi connectivity index (χ4n) is 2.32. The Morgan fingerprint density at radius 2 is 1.83 bits per heavy atom. The van der Waals surface area contributed by atoms with Crippen LogP contribution >= 0.6 is 11.3 Å². The van der Waals surface area contributed by atoms with Crippen LogP contribution in [0.3, 0.4) is 0 Å². The van der Waals surface area contributed by atoms with E-state index < -0.39 is 0 Å². The van der Waals surface area contributed by atoms with Crippen molar-refractivity contribution in [2.24, 2.45) is 0 Å². The van der Waals surface area contributed by atoms with Crippen molar-refractivity contribution in [2.75, 3.05) is 7.11 Å². The SMILES string of the molecule is COc1ccc(CNC(=O)c2nc(-c3ccccc3)sc2C)cc1. The number of methoxy groups -OCH3 is 1. The Kier molecular flexibility index (Phi) is 4.91. The molecule has 0 atom stereocenters. The van der Waals surface area contributed by atoms with E-state index in [9.17, 15) is 4.79 Å². The van der Waals surface area contributed by atoms with Gasteiger partial charge in [-0.25, -0.2) is 4.98 Å². The predicted octanol–water partition coefficient (Wildman–Crippen LogP) is 4.06. The van der Waals surface area contributed by atoms with Crippen LogP contribution in [0, 0.1) is 6.92 Å². The Labute approximate surface area is 145 Å². The molecule has 0 aliphatic heterocycles. The highest BCUT2D eigenvalue weighted by Crippen LogP contribution is 2.27. The van der Waals surface area contributed by atoms with E-state index in [4.69, 9.17) is 4.74 Å². The maximum absolute atomic E-state index is 12.4. The summed E-state index contributed by atoms with van der Waals surface area (Å²) in [6.45, 7) is 2.38. The second-order valence-corrected chi connectivity index (χ2v) is 6.52. The molecule has 24 heavy (non-hydrogen) atoms. The van der Waals surface area contributed by atoms with Gasteiger partial charge in [-0.1, -0.05) is 42.5 Å². The quantitative estimate of drug-likeness (QED) is 0.763. The first-order chi connectivity index (χ1) is 11.7. The Morgan fingerprint density at radius 1 is 1.12 bits per heavy atom. The molecule has 0 unspecified atom stereocenters. The van der Waals surface area contributed by atoms with Crippen LogP contribution in [0.15, 0.2) is 54.6 Å². The largest absolute Gasteiger partial charge is 0.497 e. The topological polar surface area (TPSA) is 51.2 Å². The molecule has 0 bridgehead atoms. The number of rotatable bonds is 5. The van der Waals surface area contributed by atoms with E-state index >= 15 is 0 Å². The molecule has 3 aromatic rings. The zero-order valence-corrected chi connectivity index (χ0v) is 14.4. The summed E-state index contributed by atoms with van der Waals surface area (Å²) in [7, 11) is 1.63. The van der Waals surface area contributed by atoms with Gasteiger partial charge in [0.25, 0.3) is 5.91 Å². The summed E-state index contributed by atoms with van der Waals surface area (Å²) in [5.74, 6) is 0.648. The van der Waals surface area contributed by atoms with Crippen molar-refractivity contribution in [3.8, 4) is 16.3 Å². The van der Waals surface area contributed by atoms with E-state index in [2.05, 4.69) is 10.3 Å². The molecule has 1 heterocycles. The van der Waals surface area contributed by atoms with Crippen molar-refractivity contribution >= 4 is 17.2 Å². The number of nitrogens with zero attached hydrogens (tertiary/aromatic N) is 1. The molecule has 1 N–H and O–H groups in total. The van der Waals surface area contributed by atoms with Crippen LogP contribution in [0.25, 0.3) is 10.6 Å². The van der Waals surface area contributed by atoms with Gasteiger partial charge in [0.1, 0.15) is 16.5 Å². The number of nitrogens with one attached hydrogen (secondary N) is 1. The monoisotopic (exact) mass is 338 g/mol. The van der Waals surface area contributed by atoms with E-state index in [1.807, 2.05) is 61.5 Å². The van der Waals surface area contributed by atoms with Gasteiger partial charge < -0.3 is 10.1 Å². The number of carbonyl (C=O) groups is 1. The maximum Gasteiger partial charge on any atom is 0.271 e. The summed E-state index contributed by atoms with van der Waals surface area (Å²) in [6, 6.07) is 17.5. The Hall–Kier alpha value is -2.66. The summed E-state index contributed by atoms with van der Waals surface area (Å²) < 4.78 is 5.13. The van der Waals surface area contributed by atoms with Crippen LogP contribution in [-0.2, 0) is 6.54 Å². The minimum Gasteiger partial charge on any atom is -0.497 e. The van der Waals surface area contributed by atoms with Crippen molar-refractivity contribution in [1.29, 1.82) is 0 Å². The second-order valence-electron chi connectivity index (χ2n) is 5.32. The number of carbonyl (C=O) groups excluding carboxylic acids is 1. The lowest BCUT2D eigenvalue weighted by molar-refractivity contribution is 0.0946. The van der Waals surface area contributed by atoms with Gasteiger partial charge in [-0.3, -0.25) is 4.79 Å². The molecule has 1 aromatic heterocycles. The average molecular weight is 338 g/mol. The molecule has 4 nitrogen and oxygen atoms in total. The number of aryl methyl sites for hydroxylation is 1. The first kappa shape index (κ1) is 16.2. The van der Waals surface area contributed by atoms with Gasteiger partial charge in [-0.15, -0.1) is 11.3 Å². The molecule has 0 spiro atoms. The molecule has 5 heteroatoms. The minimum atomic E-state index is -0.151. The van der Waals surface area contributed by atoms with Gasteiger partial charge in [-0.05, 0) is 24.6 Å². The number of hydrogen-bond acceptors (Lipinski definition) is 4. The van der Waals surface area contributed by atoms with Gasteiger partial charge in [0.15, 0.2) is 0 Å². The molecule has 0 aliphatic carbocycles. The highest BCUT2D eigenvalue weighted by Gasteiger charge is 2.16. The molecule has 0 fully saturated rings. The fraction of sp³-hybridized carbons (Fsp3) is 0.158. The van der Waals surface area contributed by atoms with Crippen molar-refractivity contribution in [1.82, 2.24) is 10.3 Å². The summed E-state index contributed by atoms with van der Waals surface area (Å²) in [4.78, 5) is 17.8. The Bertz CT molecular complexity index is 826. The summed E-state index contributed by atoms with van der Waals surface area (Å²) in [5.41, 5.74) is 2.53. The van der Waals surface area contributed by atoms with E-state index in [-0.39, 0.29) is 5.91 Å². The van der Waals surface area contributed by atoms with Crippen LogP contribution in [0.1, 0.15) is 20.9 Å². The lowest BCUT2D eigenvalue weighted by Gasteiger charge is -2.05. The lowest BCUT2D eigenvalue weighted by Crippen LogP contribution is -2.23. The van der Waals surface area contributed by atoms with Crippen LogP contribution in [0.4, 0.5) is 0 Å². The first-order valence-electron chi connectivity index (χ1n) is 7.61. The zero-order valence-electron chi connectivity index (χ0n) is 13.6. The number of ether oxygens (including phenoxy) is 1. The number of thiazole rings is 1. The highest BCUT2D eigenvalue weighted by molar-refractivity contribution is 7.15. The van der Waals surface area contributed by atoms with Crippen molar-refractivity contribution in [3.63, 3.8) is 0 Å². The number of amides is 1. The molecule has 0 aliphatic rings. The van der Waals surface area contributed by atoms with Gasteiger partial charge in [-0.2, -0.15) is 0 Å². The van der Waals surface area contributed by atoms with Gasteiger partial charge in [0.2, 0.25) is 0 Å².